The molecule has 20 heavy (non-hydrogen) atoms. The van der Waals surface area contributed by atoms with Crippen molar-refractivity contribution in [3.63, 3.8) is 0 Å². The molecule has 1 amide bonds. The Kier molecular flexibility index (Phi) is 4.03. The Morgan fingerprint density at radius 1 is 1.45 bits per heavy atom. The number of hydrogen-bond acceptors (Lipinski definition) is 4. The van der Waals surface area contributed by atoms with Gasteiger partial charge < -0.3 is 20.1 Å². The topological polar surface area (TPSA) is 62.2 Å². The summed E-state index contributed by atoms with van der Waals surface area (Å²) in [5.41, 5.74) is 0.565. The first kappa shape index (κ1) is 13.6. The molecule has 1 unspecified atom stereocenters. The lowest BCUT2D eigenvalue weighted by atomic mass is 10.1. The molecule has 1 saturated heterocycles. The van der Waals surface area contributed by atoms with Crippen LogP contribution in [0.5, 0.6) is 0 Å². The van der Waals surface area contributed by atoms with Gasteiger partial charge in [-0.15, -0.1) is 0 Å². The fraction of sp³-hybridized carbons (Fsp3) is 0.714. The van der Waals surface area contributed by atoms with Gasteiger partial charge in [0.25, 0.3) is 5.91 Å². The maximum absolute atomic E-state index is 12.3. The van der Waals surface area contributed by atoms with Crippen LogP contribution in [-0.2, 0) is 13.0 Å². The highest BCUT2D eigenvalue weighted by atomic mass is 16.2. The first-order chi connectivity index (χ1) is 9.72. The number of likely N-dealkylation sites (tertiary alicyclic amines) is 1. The van der Waals surface area contributed by atoms with Crippen molar-refractivity contribution in [1.82, 2.24) is 25.1 Å². The van der Waals surface area contributed by atoms with E-state index < -0.39 is 0 Å². The summed E-state index contributed by atoms with van der Waals surface area (Å²) in [5.74, 6) is 0.986. The van der Waals surface area contributed by atoms with Crippen molar-refractivity contribution in [2.75, 3.05) is 33.2 Å². The van der Waals surface area contributed by atoms with Gasteiger partial charge in [0.1, 0.15) is 11.5 Å². The lowest BCUT2D eigenvalue weighted by molar-refractivity contribution is 0.0907. The smallest absolute Gasteiger partial charge is 0.271 e. The van der Waals surface area contributed by atoms with Crippen LogP contribution in [0.2, 0.25) is 0 Å². The summed E-state index contributed by atoms with van der Waals surface area (Å²) in [5, 5.41) is 6.45. The van der Waals surface area contributed by atoms with E-state index >= 15 is 0 Å². The lowest BCUT2D eigenvalue weighted by Crippen LogP contribution is -2.46. The second-order valence-electron chi connectivity index (χ2n) is 5.81. The van der Waals surface area contributed by atoms with Crippen molar-refractivity contribution in [2.24, 2.45) is 0 Å². The third-order valence-electron chi connectivity index (χ3n) is 4.11. The standard InChI is InChI=1S/C14H23N5O/c1-18-7-2-3-11(9-18)16-14(20)12-10-19-8-6-15-5-4-13(19)17-12/h10-11,15H,2-9H2,1H3,(H,16,20). The van der Waals surface area contributed by atoms with Gasteiger partial charge in [0.05, 0.1) is 0 Å². The SMILES string of the molecule is CN1CCCC(NC(=O)c2cn3c(n2)CCNCC3)C1. The van der Waals surface area contributed by atoms with E-state index in [4.69, 9.17) is 0 Å². The molecule has 0 radical (unpaired) electrons. The zero-order valence-corrected chi connectivity index (χ0v) is 12.1. The summed E-state index contributed by atoms with van der Waals surface area (Å²) in [6.07, 6.45) is 4.99. The molecular weight excluding hydrogens is 254 g/mol. The number of likely N-dealkylation sites (N-methyl/N-ethyl adjacent to an activating group) is 1. The molecule has 110 valence electrons. The molecule has 0 bridgehead atoms. The highest BCUT2D eigenvalue weighted by molar-refractivity contribution is 5.92. The number of piperidine rings is 1. The van der Waals surface area contributed by atoms with Crippen molar-refractivity contribution in [2.45, 2.75) is 31.8 Å². The molecule has 6 heteroatoms. The molecule has 6 nitrogen and oxygen atoms in total. The summed E-state index contributed by atoms with van der Waals surface area (Å²) in [6, 6.07) is 0.254. The minimum Gasteiger partial charge on any atom is -0.347 e. The van der Waals surface area contributed by atoms with Gasteiger partial charge in [0, 0.05) is 44.8 Å². The van der Waals surface area contributed by atoms with Crippen molar-refractivity contribution in [3.8, 4) is 0 Å². The number of rotatable bonds is 2. The predicted octanol–water partition coefficient (Wildman–Crippen LogP) is -0.147. The zero-order valence-electron chi connectivity index (χ0n) is 12.1. The monoisotopic (exact) mass is 277 g/mol. The summed E-state index contributed by atoms with van der Waals surface area (Å²) in [7, 11) is 2.10. The Balaban J connectivity index is 1.65. The number of carbonyl (C=O) groups is 1. The van der Waals surface area contributed by atoms with Crippen LogP contribution in [0, 0.1) is 0 Å². The molecule has 1 fully saturated rings. The molecule has 3 heterocycles. The number of aromatic nitrogens is 2. The number of carbonyl (C=O) groups excluding carboxylic acids is 1. The Hall–Kier alpha value is -1.40. The summed E-state index contributed by atoms with van der Waals surface area (Å²) >= 11 is 0. The molecule has 2 N–H and O–H groups in total. The van der Waals surface area contributed by atoms with Gasteiger partial charge in [-0.25, -0.2) is 4.98 Å². The first-order valence-electron chi connectivity index (χ1n) is 7.48. The van der Waals surface area contributed by atoms with Crippen molar-refractivity contribution < 1.29 is 4.79 Å². The summed E-state index contributed by atoms with van der Waals surface area (Å²) in [4.78, 5) is 19.1. The average Bonchev–Trinajstić information content (AvgIpc) is 2.70. The van der Waals surface area contributed by atoms with Gasteiger partial charge >= 0.3 is 0 Å². The van der Waals surface area contributed by atoms with Crippen molar-refractivity contribution >= 4 is 5.91 Å². The van der Waals surface area contributed by atoms with Crippen molar-refractivity contribution in [3.05, 3.63) is 17.7 Å². The quantitative estimate of drug-likeness (QED) is 0.789. The molecule has 2 aliphatic heterocycles. The minimum absolute atomic E-state index is 0.0289. The number of nitrogens with zero attached hydrogens (tertiary/aromatic N) is 3. The fourth-order valence-electron chi connectivity index (χ4n) is 3.03. The van der Waals surface area contributed by atoms with Crippen LogP contribution in [0.4, 0.5) is 0 Å². The number of imidazole rings is 1. The molecule has 0 aromatic carbocycles. The molecule has 2 aliphatic rings. The van der Waals surface area contributed by atoms with E-state index in [0.29, 0.717) is 5.69 Å². The highest BCUT2D eigenvalue weighted by Crippen LogP contribution is 2.10. The molecule has 0 spiro atoms. The third-order valence-corrected chi connectivity index (χ3v) is 4.11. The van der Waals surface area contributed by atoms with E-state index in [9.17, 15) is 4.79 Å². The predicted molar refractivity (Wildman–Crippen MR) is 76.8 cm³/mol. The number of nitrogens with one attached hydrogen (secondary N) is 2. The Morgan fingerprint density at radius 2 is 2.35 bits per heavy atom. The second-order valence-corrected chi connectivity index (χ2v) is 5.81. The van der Waals surface area contributed by atoms with E-state index in [1.807, 2.05) is 6.20 Å². The Bertz CT molecular complexity index is 460. The van der Waals surface area contributed by atoms with Crippen LogP contribution in [0.1, 0.15) is 29.2 Å². The first-order valence-corrected chi connectivity index (χ1v) is 7.48. The largest absolute Gasteiger partial charge is 0.347 e. The summed E-state index contributed by atoms with van der Waals surface area (Å²) in [6.45, 7) is 4.83. The van der Waals surface area contributed by atoms with Gasteiger partial charge in [0.2, 0.25) is 0 Å². The van der Waals surface area contributed by atoms with E-state index in [1.165, 1.54) is 0 Å². The van der Waals surface area contributed by atoms with Crippen LogP contribution in [0.15, 0.2) is 6.20 Å². The zero-order chi connectivity index (χ0) is 13.9. The van der Waals surface area contributed by atoms with Crippen LogP contribution in [0.3, 0.4) is 0 Å². The molecule has 0 aliphatic carbocycles. The van der Waals surface area contributed by atoms with Gasteiger partial charge in [-0.05, 0) is 26.4 Å². The van der Waals surface area contributed by atoms with Gasteiger partial charge in [-0.3, -0.25) is 4.79 Å². The van der Waals surface area contributed by atoms with Gasteiger partial charge in [-0.1, -0.05) is 0 Å². The number of hydrogen-bond donors (Lipinski definition) is 2. The van der Waals surface area contributed by atoms with E-state index in [1.54, 1.807) is 0 Å². The van der Waals surface area contributed by atoms with Crippen LogP contribution in [-0.4, -0.2) is 59.6 Å². The van der Waals surface area contributed by atoms with E-state index in [2.05, 4.69) is 32.1 Å². The average molecular weight is 277 g/mol. The number of amides is 1. The van der Waals surface area contributed by atoms with Gasteiger partial charge in [0.15, 0.2) is 0 Å². The third kappa shape index (κ3) is 3.02. The van der Waals surface area contributed by atoms with Crippen LogP contribution in [0.25, 0.3) is 0 Å². The minimum atomic E-state index is -0.0289. The van der Waals surface area contributed by atoms with E-state index in [0.717, 1.165) is 57.8 Å². The molecule has 1 aromatic rings. The maximum Gasteiger partial charge on any atom is 0.271 e. The van der Waals surface area contributed by atoms with Crippen molar-refractivity contribution in [1.29, 1.82) is 0 Å². The maximum atomic E-state index is 12.3. The molecule has 0 saturated carbocycles. The normalized spacial score (nSPS) is 23.9. The van der Waals surface area contributed by atoms with Crippen LogP contribution >= 0.6 is 0 Å². The molecular formula is C14H23N5O. The summed E-state index contributed by atoms with van der Waals surface area (Å²) < 4.78 is 2.10. The molecule has 1 atom stereocenters. The highest BCUT2D eigenvalue weighted by Gasteiger charge is 2.22. The van der Waals surface area contributed by atoms with E-state index in [-0.39, 0.29) is 11.9 Å². The lowest BCUT2D eigenvalue weighted by Gasteiger charge is -2.29. The van der Waals surface area contributed by atoms with Crippen LogP contribution < -0.4 is 10.6 Å². The fourth-order valence-corrected chi connectivity index (χ4v) is 3.03. The van der Waals surface area contributed by atoms with Gasteiger partial charge in [-0.2, -0.15) is 0 Å². The Morgan fingerprint density at radius 3 is 3.20 bits per heavy atom. The number of fused-ring (bicyclic) bond motifs is 1. The molecule has 3 rings (SSSR count). The molecule has 1 aromatic heterocycles. The Labute approximate surface area is 119 Å². The second kappa shape index (κ2) is 5.93.